The molecule has 0 bridgehead atoms. The van der Waals surface area contributed by atoms with Crippen molar-refractivity contribution in [2.24, 2.45) is 0 Å². The Hall–Kier alpha value is -2.83. The third-order valence-corrected chi connectivity index (χ3v) is 3.68. The number of amides is 1. The van der Waals surface area contributed by atoms with Crippen LogP contribution >= 0.6 is 0 Å². The normalized spacial score (nSPS) is 14.3. The van der Waals surface area contributed by atoms with Crippen molar-refractivity contribution >= 4 is 17.7 Å². The van der Waals surface area contributed by atoms with E-state index in [1.54, 1.807) is 6.07 Å². The SMILES string of the molecule is CCOc1ccc(CCC2=C(C(=O)O)C(=O)CC(=O)N2)cc1OCC. The Kier molecular flexibility index (Phi) is 6.16. The number of hydrogen-bond donors (Lipinski definition) is 2. The Balaban J connectivity index is 2.20. The summed E-state index contributed by atoms with van der Waals surface area (Å²) in [5.41, 5.74) is 0.701. The van der Waals surface area contributed by atoms with Crippen LogP contribution in [0.5, 0.6) is 11.5 Å². The molecular formula is C18H21NO6. The first kappa shape index (κ1) is 18.5. The zero-order valence-corrected chi connectivity index (χ0v) is 14.3. The minimum Gasteiger partial charge on any atom is -0.490 e. The van der Waals surface area contributed by atoms with E-state index in [9.17, 15) is 19.5 Å². The summed E-state index contributed by atoms with van der Waals surface area (Å²) in [6.07, 6.45) is 0.257. The molecule has 1 aromatic carbocycles. The van der Waals surface area contributed by atoms with Crippen LogP contribution in [0.1, 0.15) is 32.3 Å². The molecular weight excluding hydrogens is 326 g/mol. The number of allylic oxidation sites excluding steroid dienone is 1. The summed E-state index contributed by atoms with van der Waals surface area (Å²) in [6, 6.07) is 5.46. The van der Waals surface area contributed by atoms with E-state index in [4.69, 9.17) is 9.47 Å². The quantitative estimate of drug-likeness (QED) is 0.550. The molecule has 0 spiro atoms. The second-order valence-corrected chi connectivity index (χ2v) is 5.45. The number of ketones is 1. The fraction of sp³-hybridized carbons (Fsp3) is 0.389. The number of nitrogens with one attached hydrogen (secondary N) is 1. The smallest absolute Gasteiger partial charge is 0.341 e. The number of carboxylic acids is 1. The van der Waals surface area contributed by atoms with Crippen LogP contribution in [-0.2, 0) is 20.8 Å². The third kappa shape index (κ3) is 4.59. The highest BCUT2D eigenvalue weighted by atomic mass is 16.5. The van der Waals surface area contributed by atoms with Crippen LogP contribution in [0.15, 0.2) is 29.5 Å². The lowest BCUT2D eigenvalue weighted by molar-refractivity contribution is -0.135. The van der Waals surface area contributed by atoms with Gasteiger partial charge in [0.2, 0.25) is 5.91 Å². The molecule has 1 amide bonds. The monoisotopic (exact) mass is 347 g/mol. The van der Waals surface area contributed by atoms with Gasteiger partial charge in [-0.05, 0) is 44.4 Å². The highest BCUT2D eigenvalue weighted by Gasteiger charge is 2.29. The predicted octanol–water partition coefficient (Wildman–Crippen LogP) is 1.84. The van der Waals surface area contributed by atoms with Gasteiger partial charge in [0.1, 0.15) is 5.57 Å². The number of benzene rings is 1. The molecule has 0 saturated heterocycles. The molecule has 2 rings (SSSR count). The van der Waals surface area contributed by atoms with E-state index in [1.807, 2.05) is 26.0 Å². The molecule has 0 radical (unpaired) electrons. The minimum absolute atomic E-state index is 0.153. The van der Waals surface area contributed by atoms with Crippen LogP contribution in [0.25, 0.3) is 0 Å². The van der Waals surface area contributed by atoms with Gasteiger partial charge in [-0.25, -0.2) is 4.79 Å². The van der Waals surface area contributed by atoms with Crippen molar-refractivity contribution in [3.8, 4) is 11.5 Å². The lowest BCUT2D eigenvalue weighted by Gasteiger charge is -2.18. The zero-order chi connectivity index (χ0) is 18.4. The van der Waals surface area contributed by atoms with Crippen molar-refractivity contribution in [3.05, 3.63) is 35.0 Å². The largest absolute Gasteiger partial charge is 0.490 e. The van der Waals surface area contributed by atoms with Gasteiger partial charge in [0, 0.05) is 5.70 Å². The van der Waals surface area contributed by atoms with Crippen LogP contribution in [0.2, 0.25) is 0 Å². The van der Waals surface area contributed by atoms with Gasteiger partial charge in [-0.15, -0.1) is 0 Å². The number of ether oxygens (including phenoxy) is 2. The van der Waals surface area contributed by atoms with Gasteiger partial charge in [0.15, 0.2) is 17.3 Å². The van der Waals surface area contributed by atoms with E-state index in [-0.39, 0.29) is 17.7 Å². The fourth-order valence-electron chi connectivity index (χ4n) is 2.63. The number of aliphatic carboxylic acids is 1. The van der Waals surface area contributed by atoms with Crippen molar-refractivity contribution < 1.29 is 29.0 Å². The number of rotatable bonds is 8. The standard InChI is InChI=1S/C18H21NO6/c1-3-24-14-8-6-11(9-15(14)25-4-2)5-7-12-17(18(22)23)13(20)10-16(21)19-12/h6,8-9H,3-5,7,10H2,1-2H3,(H,19,21)(H,22,23). The average molecular weight is 347 g/mol. The van der Waals surface area contributed by atoms with E-state index in [2.05, 4.69) is 5.32 Å². The molecule has 0 atom stereocenters. The molecule has 0 saturated carbocycles. The van der Waals surface area contributed by atoms with Gasteiger partial charge >= 0.3 is 5.97 Å². The van der Waals surface area contributed by atoms with Gasteiger partial charge in [0.05, 0.1) is 19.6 Å². The van der Waals surface area contributed by atoms with Crippen molar-refractivity contribution in [3.63, 3.8) is 0 Å². The maximum Gasteiger partial charge on any atom is 0.341 e. The molecule has 7 heteroatoms. The van der Waals surface area contributed by atoms with E-state index in [0.717, 1.165) is 5.56 Å². The number of Topliss-reactive ketones (excluding diaryl/α,β-unsaturated/α-hetero) is 1. The molecule has 134 valence electrons. The summed E-state index contributed by atoms with van der Waals surface area (Å²) < 4.78 is 11.1. The summed E-state index contributed by atoms with van der Waals surface area (Å²) in [4.78, 5) is 34.6. The summed E-state index contributed by atoms with van der Waals surface area (Å²) in [5.74, 6) is -1.21. The Bertz CT molecular complexity index is 722. The van der Waals surface area contributed by atoms with Gasteiger partial charge in [-0.3, -0.25) is 9.59 Å². The van der Waals surface area contributed by atoms with Crippen LogP contribution < -0.4 is 14.8 Å². The first-order valence-corrected chi connectivity index (χ1v) is 8.14. The Morgan fingerprint density at radius 2 is 1.80 bits per heavy atom. The number of carbonyl (C=O) groups is 3. The molecule has 2 N–H and O–H groups in total. The first-order chi connectivity index (χ1) is 12.0. The maximum absolute atomic E-state index is 11.8. The lowest BCUT2D eigenvalue weighted by atomic mass is 9.97. The molecule has 0 aliphatic carbocycles. The molecule has 0 fully saturated rings. The third-order valence-electron chi connectivity index (χ3n) is 3.68. The van der Waals surface area contributed by atoms with Gasteiger partial charge in [0.25, 0.3) is 0 Å². The van der Waals surface area contributed by atoms with E-state index in [0.29, 0.717) is 31.1 Å². The van der Waals surface area contributed by atoms with Crippen molar-refractivity contribution in [1.29, 1.82) is 0 Å². The Labute approximate surface area is 145 Å². The fourth-order valence-corrected chi connectivity index (χ4v) is 2.63. The molecule has 7 nitrogen and oxygen atoms in total. The van der Waals surface area contributed by atoms with Crippen molar-refractivity contribution in [1.82, 2.24) is 5.32 Å². The van der Waals surface area contributed by atoms with Gasteiger partial charge in [-0.2, -0.15) is 0 Å². The van der Waals surface area contributed by atoms with Gasteiger partial charge < -0.3 is 19.9 Å². The van der Waals surface area contributed by atoms with Crippen LogP contribution in [0.3, 0.4) is 0 Å². The number of hydrogen-bond acceptors (Lipinski definition) is 5. The molecule has 25 heavy (non-hydrogen) atoms. The van der Waals surface area contributed by atoms with E-state index < -0.39 is 24.1 Å². The Morgan fingerprint density at radius 3 is 2.44 bits per heavy atom. The van der Waals surface area contributed by atoms with Crippen LogP contribution in [0, 0.1) is 0 Å². The number of carboxylic acid groups (broad SMARTS) is 1. The van der Waals surface area contributed by atoms with Crippen molar-refractivity contribution in [2.45, 2.75) is 33.1 Å². The molecule has 1 aromatic rings. The molecule has 1 heterocycles. The lowest BCUT2D eigenvalue weighted by Crippen LogP contribution is -2.36. The molecule has 0 aromatic heterocycles. The summed E-state index contributed by atoms with van der Waals surface area (Å²) in [5, 5.41) is 11.7. The highest BCUT2D eigenvalue weighted by Crippen LogP contribution is 2.29. The van der Waals surface area contributed by atoms with Crippen LogP contribution in [-0.4, -0.2) is 36.0 Å². The average Bonchev–Trinajstić information content (AvgIpc) is 2.54. The second kappa shape index (κ2) is 8.32. The summed E-state index contributed by atoms with van der Waals surface area (Å²) in [6.45, 7) is 4.76. The number of aryl methyl sites for hydroxylation is 1. The second-order valence-electron chi connectivity index (χ2n) is 5.45. The molecule has 0 unspecified atom stereocenters. The van der Waals surface area contributed by atoms with E-state index >= 15 is 0 Å². The maximum atomic E-state index is 11.8. The van der Waals surface area contributed by atoms with Gasteiger partial charge in [-0.1, -0.05) is 6.07 Å². The summed E-state index contributed by atoms with van der Waals surface area (Å²) >= 11 is 0. The Morgan fingerprint density at radius 1 is 1.12 bits per heavy atom. The predicted molar refractivity (Wildman–Crippen MR) is 89.5 cm³/mol. The zero-order valence-electron chi connectivity index (χ0n) is 14.3. The minimum atomic E-state index is -1.32. The first-order valence-electron chi connectivity index (χ1n) is 8.14. The van der Waals surface area contributed by atoms with Crippen molar-refractivity contribution in [2.75, 3.05) is 13.2 Å². The molecule has 1 aliphatic heterocycles. The van der Waals surface area contributed by atoms with E-state index in [1.165, 1.54) is 0 Å². The van der Waals surface area contributed by atoms with Crippen LogP contribution in [0.4, 0.5) is 0 Å². The highest BCUT2D eigenvalue weighted by molar-refractivity contribution is 6.23. The summed E-state index contributed by atoms with van der Waals surface area (Å²) in [7, 11) is 0. The topological polar surface area (TPSA) is 102 Å². The molecule has 1 aliphatic rings. The number of carbonyl (C=O) groups excluding carboxylic acids is 2.